The molecule has 1 N–H and O–H groups in total. The minimum absolute atomic E-state index is 0.270. The molecule has 3 aromatic carbocycles. The molecule has 3 aliphatic rings. The molecule has 2 atom stereocenters. The van der Waals surface area contributed by atoms with Crippen LogP contribution in [0, 0.1) is 18.7 Å². The standard InChI is InChI=1S/C34H36FN3O5/c1-21-6-8-26(27(35)16-21)34(2)42-30-5-3-4-25(32(30)43-34)23-10-13-37(14-11-23)19-31-36-28-9-7-24(33(39)40)17-29(28)38(31)18-22-12-15-41-20-22/h3-9,16-17,22-23H,10-15,18-20H2,1-2H3,(H,39,40). The van der Waals surface area contributed by atoms with Gasteiger partial charge in [0, 0.05) is 31.6 Å². The van der Waals surface area contributed by atoms with Crippen LogP contribution >= 0.6 is 0 Å². The van der Waals surface area contributed by atoms with E-state index < -0.39 is 11.8 Å². The molecule has 1 aromatic heterocycles. The van der Waals surface area contributed by atoms with Crippen molar-refractivity contribution in [1.29, 1.82) is 0 Å². The van der Waals surface area contributed by atoms with Crippen LogP contribution < -0.4 is 9.47 Å². The number of carbonyl (C=O) groups is 1. The van der Waals surface area contributed by atoms with Crippen molar-refractivity contribution < 1.29 is 28.5 Å². The molecule has 0 aliphatic carbocycles. The Bertz CT molecular complexity index is 1690. The number of carboxylic acids is 1. The number of hydrogen-bond donors (Lipinski definition) is 1. The number of nitrogens with zero attached hydrogens (tertiary/aromatic N) is 3. The lowest BCUT2D eigenvalue weighted by Gasteiger charge is -2.32. The largest absolute Gasteiger partial charge is 0.478 e. The Morgan fingerprint density at radius 2 is 1.93 bits per heavy atom. The van der Waals surface area contributed by atoms with Gasteiger partial charge in [0.15, 0.2) is 11.5 Å². The van der Waals surface area contributed by atoms with Crippen LogP contribution in [0.1, 0.15) is 65.0 Å². The third-order valence-corrected chi connectivity index (χ3v) is 9.16. The maximum atomic E-state index is 14.9. The lowest BCUT2D eigenvalue weighted by atomic mass is 9.88. The average molecular weight is 586 g/mol. The number of aryl methyl sites for hydroxylation is 1. The molecule has 0 spiro atoms. The number of halogens is 1. The molecule has 224 valence electrons. The van der Waals surface area contributed by atoms with E-state index in [1.807, 2.05) is 31.2 Å². The van der Waals surface area contributed by atoms with Crippen LogP contribution in [-0.2, 0) is 23.6 Å². The molecule has 3 aliphatic heterocycles. The SMILES string of the molecule is Cc1ccc(C2(C)Oc3cccc(C4CCN(Cc5nc6ccc(C(=O)O)cc6n5CC5CCOC5)CC4)c3O2)c(F)c1. The van der Waals surface area contributed by atoms with Gasteiger partial charge >= 0.3 is 5.97 Å². The summed E-state index contributed by atoms with van der Waals surface area (Å²) in [5, 5.41) is 9.58. The van der Waals surface area contributed by atoms with Gasteiger partial charge in [-0.05, 0) is 87.2 Å². The molecule has 2 saturated heterocycles. The number of piperidine rings is 1. The second kappa shape index (κ2) is 11.0. The summed E-state index contributed by atoms with van der Waals surface area (Å²) >= 11 is 0. The number of para-hydroxylation sites is 1. The van der Waals surface area contributed by atoms with Crippen molar-refractivity contribution in [3.05, 3.63) is 88.5 Å². The normalized spacial score (nSPS) is 22.4. The van der Waals surface area contributed by atoms with E-state index in [4.69, 9.17) is 19.2 Å². The third-order valence-electron chi connectivity index (χ3n) is 9.16. The first-order chi connectivity index (χ1) is 20.8. The van der Waals surface area contributed by atoms with Gasteiger partial charge in [0.1, 0.15) is 11.6 Å². The summed E-state index contributed by atoms with van der Waals surface area (Å²) in [5.74, 6) is 0.483. The highest BCUT2D eigenvalue weighted by Gasteiger charge is 2.43. The second-order valence-electron chi connectivity index (χ2n) is 12.2. The Balaban J connectivity index is 1.08. The van der Waals surface area contributed by atoms with E-state index in [1.165, 1.54) is 6.07 Å². The summed E-state index contributed by atoms with van der Waals surface area (Å²) in [6, 6.07) is 16.3. The second-order valence-corrected chi connectivity index (χ2v) is 12.2. The Labute approximate surface area is 250 Å². The van der Waals surface area contributed by atoms with Gasteiger partial charge < -0.3 is 23.9 Å². The van der Waals surface area contributed by atoms with Crippen LogP contribution in [0.4, 0.5) is 4.39 Å². The van der Waals surface area contributed by atoms with Gasteiger partial charge in [-0.1, -0.05) is 18.2 Å². The monoisotopic (exact) mass is 585 g/mol. The lowest BCUT2D eigenvalue weighted by molar-refractivity contribution is -0.0712. The minimum atomic E-state index is -1.22. The summed E-state index contributed by atoms with van der Waals surface area (Å²) in [6.45, 7) is 8.33. The smallest absolute Gasteiger partial charge is 0.335 e. The van der Waals surface area contributed by atoms with Crippen molar-refractivity contribution in [2.75, 3.05) is 26.3 Å². The quantitative estimate of drug-likeness (QED) is 0.275. The topological polar surface area (TPSA) is 86.1 Å². The van der Waals surface area contributed by atoms with Crippen LogP contribution in [-0.4, -0.2) is 51.8 Å². The van der Waals surface area contributed by atoms with Crippen LogP contribution in [0.25, 0.3) is 11.0 Å². The van der Waals surface area contributed by atoms with Crippen molar-refractivity contribution in [3.8, 4) is 11.5 Å². The van der Waals surface area contributed by atoms with E-state index in [-0.39, 0.29) is 17.3 Å². The molecule has 7 rings (SSSR count). The van der Waals surface area contributed by atoms with Gasteiger partial charge in [-0.25, -0.2) is 14.2 Å². The fourth-order valence-corrected chi connectivity index (χ4v) is 6.79. The molecule has 43 heavy (non-hydrogen) atoms. The first kappa shape index (κ1) is 27.9. The molecule has 8 nitrogen and oxygen atoms in total. The molecule has 0 amide bonds. The molecule has 9 heteroatoms. The van der Waals surface area contributed by atoms with E-state index in [2.05, 4.69) is 15.5 Å². The number of fused-ring (bicyclic) bond motifs is 2. The van der Waals surface area contributed by atoms with E-state index in [0.717, 1.165) is 73.5 Å². The number of ether oxygens (including phenoxy) is 3. The predicted molar refractivity (Wildman–Crippen MR) is 159 cm³/mol. The summed E-state index contributed by atoms with van der Waals surface area (Å²) in [4.78, 5) is 19.1. The first-order valence-electron chi connectivity index (χ1n) is 15.1. The van der Waals surface area contributed by atoms with Gasteiger partial charge in [-0.2, -0.15) is 0 Å². The van der Waals surface area contributed by atoms with Crippen molar-refractivity contribution in [2.24, 2.45) is 5.92 Å². The summed E-state index contributed by atoms with van der Waals surface area (Å²) < 4.78 is 35.4. The lowest BCUT2D eigenvalue weighted by Crippen LogP contribution is -2.34. The minimum Gasteiger partial charge on any atom is -0.478 e. The third kappa shape index (κ3) is 5.25. The zero-order valence-corrected chi connectivity index (χ0v) is 24.5. The molecule has 2 fully saturated rings. The fraction of sp³-hybridized carbons (Fsp3) is 0.412. The number of imidazole rings is 1. The van der Waals surface area contributed by atoms with Crippen LogP contribution in [0.3, 0.4) is 0 Å². The van der Waals surface area contributed by atoms with Gasteiger partial charge in [-0.15, -0.1) is 0 Å². The first-order valence-corrected chi connectivity index (χ1v) is 15.1. The van der Waals surface area contributed by atoms with Gasteiger partial charge in [0.05, 0.1) is 35.3 Å². The number of likely N-dealkylation sites (tertiary alicyclic amines) is 1. The summed E-state index contributed by atoms with van der Waals surface area (Å²) in [7, 11) is 0. The van der Waals surface area contributed by atoms with Crippen molar-refractivity contribution in [2.45, 2.75) is 57.9 Å². The summed E-state index contributed by atoms with van der Waals surface area (Å²) in [6.07, 6.45) is 2.87. The van der Waals surface area contributed by atoms with Crippen molar-refractivity contribution in [1.82, 2.24) is 14.5 Å². The highest BCUT2D eigenvalue weighted by atomic mass is 19.1. The highest BCUT2D eigenvalue weighted by molar-refractivity contribution is 5.92. The van der Waals surface area contributed by atoms with E-state index >= 15 is 0 Å². The molecule has 4 heterocycles. The Morgan fingerprint density at radius 3 is 2.67 bits per heavy atom. The maximum Gasteiger partial charge on any atom is 0.335 e. The fourth-order valence-electron chi connectivity index (χ4n) is 6.79. The van der Waals surface area contributed by atoms with E-state index in [9.17, 15) is 14.3 Å². The van der Waals surface area contributed by atoms with Crippen LogP contribution in [0.5, 0.6) is 11.5 Å². The van der Waals surface area contributed by atoms with Crippen LogP contribution in [0.2, 0.25) is 0 Å². The van der Waals surface area contributed by atoms with E-state index in [0.29, 0.717) is 36.1 Å². The summed E-state index contributed by atoms with van der Waals surface area (Å²) in [5.41, 5.74) is 4.29. The number of rotatable bonds is 7. The van der Waals surface area contributed by atoms with Gasteiger partial charge in [0.25, 0.3) is 5.79 Å². The number of aromatic carboxylic acids is 1. The molecular weight excluding hydrogens is 549 g/mol. The molecule has 2 unspecified atom stereocenters. The molecule has 4 aromatic rings. The molecular formula is C34H36FN3O5. The van der Waals surface area contributed by atoms with Crippen molar-refractivity contribution in [3.63, 3.8) is 0 Å². The maximum absolute atomic E-state index is 14.9. The number of aromatic nitrogens is 2. The Kier molecular flexibility index (Phi) is 7.10. The average Bonchev–Trinajstić information content (AvgIpc) is 3.71. The Hall–Kier alpha value is -3.95. The zero-order valence-electron chi connectivity index (χ0n) is 24.5. The number of carboxylic acid groups (broad SMARTS) is 1. The molecule has 0 bridgehead atoms. The van der Waals surface area contributed by atoms with E-state index in [1.54, 1.807) is 25.1 Å². The molecule has 0 saturated carbocycles. The zero-order chi connectivity index (χ0) is 29.7. The number of benzene rings is 3. The highest BCUT2D eigenvalue weighted by Crippen LogP contribution is 2.49. The number of hydrogen-bond acceptors (Lipinski definition) is 6. The van der Waals surface area contributed by atoms with Gasteiger partial charge in [-0.3, -0.25) is 4.90 Å². The van der Waals surface area contributed by atoms with Crippen LogP contribution in [0.15, 0.2) is 54.6 Å². The molecule has 0 radical (unpaired) electrons. The predicted octanol–water partition coefficient (Wildman–Crippen LogP) is 6.24. The Morgan fingerprint density at radius 1 is 1.09 bits per heavy atom. The van der Waals surface area contributed by atoms with Crippen molar-refractivity contribution >= 4 is 17.0 Å². The van der Waals surface area contributed by atoms with Gasteiger partial charge in [0.2, 0.25) is 0 Å².